The maximum Gasteiger partial charge on any atom is 0.0550 e. The van der Waals surface area contributed by atoms with Crippen molar-refractivity contribution in [2.45, 2.75) is 0 Å². The van der Waals surface area contributed by atoms with Crippen LogP contribution < -0.4 is 11.2 Å². The number of hydrogen-bond acceptors (Lipinski definition) is 3. The Hall–Kier alpha value is -1.61. The van der Waals surface area contributed by atoms with Gasteiger partial charge in [-0.15, -0.1) is 0 Å². The second kappa shape index (κ2) is 3.41. The van der Waals surface area contributed by atoms with Crippen LogP contribution in [0.15, 0.2) is 35.1 Å². The minimum atomic E-state index is 0.478. The molecule has 0 atom stereocenters. The summed E-state index contributed by atoms with van der Waals surface area (Å²) in [6, 6.07) is 8.06. The van der Waals surface area contributed by atoms with Crippen molar-refractivity contribution in [1.82, 2.24) is 5.43 Å². The van der Waals surface area contributed by atoms with Gasteiger partial charge in [-0.25, -0.2) is 0 Å². The molecule has 3 nitrogen and oxygen atoms in total. The first-order chi connectivity index (χ1) is 6.40. The van der Waals surface area contributed by atoms with Gasteiger partial charge in [-0.1, -0.05) is 24.3 Å². The first-order valence-corrected chi connectivity index (χ1v) is 4.19. The van der Waals surface area contributed by atoms with Crippen LogP contribution in [0, 0.1) is 0 Å². The predicted octanol–water partition coefficient (Wildman–Crippen LogP) is 0.923. The lowest BCUT2D eigenvalue weighted by Crippen LogP contribution is -2.14. The molecule has 0 saturated carbocycles. The van der Waals surface area contributed by atoms with E-state index in [2.05, 4.69) is 10.5 Å². The SMILES string of the molecule is NCC1=Cc2ccccc2C=NN1. The predicted molar refractivity (Wildman–Crippen MR) is 54.2 cm³/mol. The van der Waals surface area contributed by atoms with Gasteiger partial charge in [0.2, 0.25) is 0 Å². The second-order valence-corrected chi connectivity index (χ2v) is 2.87. The van der Waals surface area contributed by atoms with Gasteiger partial charge in [0, 0.05) is 17.8 Å². The summed E-state index contributed by atoms with van der Waals surface area (Å²) in [6.07, 6.45) is 3.82. The fourth-order valence-corrected chi connectivity index (χ4v) is 1.27. The average Bonchev–Trinajstić information content (AvgIpc) is 2.38. The Morgan fingerprint density at radius 1 is 1.23 bits per heavy atom. The third-order valence-electron chi connectivity index (χ3n) is 1.96. The molecule has 3 N–H and O–H groups in total. The number of nitrogens with two attached hydrogens (primary N) is 1. The van der Waals surface area contributed by atoms with E-state index in [1.54, 1.807) is 6.21 Å². The standard InChI is InChI=1S/C10H11N3/c11-6-10-5-8-3-1-2-4-9(8)7-12-13-10/h1-5,7,13H,6,11H2. The third kappa shape index (κ3) is 1.60. The Morgan fingerprint density at radius 2 is 2.00 bits per heavy atom. The van der Waals surface area contributed by atoms with Gasteiger partial charge in [0.25, 0.3) is 0 Å². The van der Waals surface area contributed by atoms with Gasteiger partial charge in [-0.05, 0) is 11.6 Å². The van der Waals surface area contributed by atoms with Gasteiger partial charge >= 0.3 is 0 Å². The Bertz CT molecular complexity index is 366. The number of benzene rings is 1. The molecule has 2 rings (SSSR count). The van der Waals surface area contributed by atoms with Crippen molar-refractivity contribution in [2.75, 3.05) is 6.54 Å². The van der Waals surface area contributed by atoms with E-state index in [-0.39, 0.29) is 0 Å². The summed E-state index contributed by atoms with van der Waals surface area (Å²) in [4.78, 5) is 0. The topological polar surface area (TPSA) is 50.4 Å². The van der Waals surface area contributed by atoms with E-state index in [0.29, 0.717) is 6.54 Å². The summed E-state index contributed by atoms with van der Waals surface area (Å²) < 4.78 is 0. The minimum absolute atomic E-state index is 0.478. The molecule has 0 radical (unpaired) electrons. The molecule has 0 unspecified atom stereocenters. The average molecular weight is 173 g/mol. The second-order valence-electron chi connectivity index (χ2n) is 2.87. The fraction of sp³-hybridized carbons (Fsp3) is 0.100. The van der Waals surface area contributed by atoms with Crippen molar-refractivity contribution >= 4 is 12.3 Å². The molecule has 0 spiro atoms. The van der Waals surface area contributed by atoms with E-state index in [9.17, 15) is 0 Å². The Morgan fingerprint density at radius 3 is 2.77 bits per heavy atom. The monoisotopic (exact) mass is 173 g/mol. The van der Waals surface area contributed by atoms with Crippen molar-refractivity contribution in [2.24, 2.45) is 10.8 Å². The summed E-state index contributed by atoms with van der Waals surface area (Å²) in [6.45, 7) is 0.478. The van der Waals surface area contributed by atoms with Crippen molar-refractivity contribution in [3.8, 4) is 0 Å². The zero-order valence-electron chi connectivity index (χ0n) is 7.20. The lowest BCUT2D eigenvalue weighted by molar-refractivity contribution is 0.865. The first kappa shape index (κ1) is 8.01. The van der Waals surface area contributed by atoms with Gasteiger partial charge in [-0.2, -0.15) is 5.10 Å². The highest BCUT2D eigenvalue weighted by atomic mass is 15.3. The smallest absolute Gasteiger partial charge is 0.0550 e. The Labute approximate surface area is 77.0 Å². The first-order valence-electron chi connectivity index (χ1n) is 4.19. The third-order valence-corrected chi connectivity index (χ3v) is 1.96. The highest BCUT2D eigenvalue weighted by molar-refractivity contribution is 5.86. The molecule has 1 aromatic carbocycles. The van der Waals surface area contributed by atoms with Gasteiger partial charge in [0.05, 0.1) is 6.21 Å². The largest absolute Gasteiger partial charge is 0.325 e. The van der Waals surface area contributed by atoms with Crippen LogP contribution in [0.4, 0.5) is 0 Å². The van der Waals surface area contributed by atoms with Crippen LogP contribution in [0.25, 0.3) is 6.08 Å². The quantitative estimate of drug-likeness (QED) is 0.663. The fourth-order valence-electron chi connectivity index (χ4n) is 1.27. The number of fused-ring (bicyclic) bond motifs is 1. The van der Waals surface area contributed by atoms with Gasteiger partial charge < -0.3 is 5.73 Å². The maximum atomic E-state index is 5.53. The number of hydrazone groups is 1. The van der Waals surface area contributed by atoms with Crippen LogP contribution in [0.3, 0.4) is 0 Å². The number of hydrogen-bond donors (Lipinski definition) is 2. The summed E-state index contributed by atoms with van der Waals surface area (Å²) in [5.41, 5.74) is 11.6. The molecule has 0 bridgehead atoms. The lowest BCUT2D eigenvalue weighted by atomic mass is 10.1. The Balaban J connectivity index is 2.49. The van der Waals surface area contributed by atoms with Crippen LogP contribution in [0.2, 0.25) is 0 Å². The normalized spacial score (nSPS) is 14.1. The molecule has 0 saturated heterocycles. The van der Waals surface area contributed by atoms with Crippen LogP contribution in [-0.4, -0.2) is 12.8 Å². The molecule has 0 aromatic heterocycles. The van der Waals surface area contributed by atoms with Crippen molar-refractivity contribution < 1.29 is 0 Å². The zero-order chi connectivity index (χ0) is 9.10. The molecule has 3 heteroatoms. The van der Waals surface area contributed by atoms with E-state index < -0.39 is 0 Å². The van der Waals surface area contributed by atoms with Crippen molar-refractivity contribution in [1.29, 1.82) is 0 Å². The number of rotatable bonds is 1. The molecule has 1 aliphatic rings. The molecule has 0 fully saturated rings. The molecule has 13 heavy (non-hydrogen) atoms. The summed E-state index contributed by atoms with van der Waals surface area (Å²) in [7, 11) is 0. The molecule has 0 amide bonds. The van der Waals surface area contributed by atoms with E-state index in [1.165, 1.54) is 0 Å². The summed E-state index contributed by atoms with van der Waals surface area (Å²) in [5.74, 6) is 0. The lowest BCUT2D eigenvalue weighted by Gasteiger charge is -2.00. The van der Waals surface area contributed by atoms with Gasteiger partial charge in [0.1, 0.15) is 0 Å². The summed E-state index contributed by atoms with van der Waals surface area (Å²) >= 11 is 0. The Kier molecular flexibility index (Phi) is 2.10. The van der Waals surface area contributed by atoms with Crippen LogP contribution in [0.5, 0.6) is 0 Å². The zero-order valence-corrected chi connectivity index (χ0v) is 7.20. The van der Waals surface area contributed by atoms with E-state index in [4.69, 9.17) is 5.73 Å². The maximum absolute atomic E-state index is 5.53. The van der Waals surface area contributed by atoms with Crippen LogP contribution >= 0.6 is 0 Å². The number of nitrogens with one attached hydrogen (secondary N) is 1. The minimum Gasteiger partial charge on any atom is -0.325 e. The van der Waals surface area contributed by atoms with E-state index in [0.717, 1.165) is 16.8 Å². The van der Waals surface area contributed by atoms with Crippen LogP contribution in [-0.2, 0) is 0 Å². The molecule has 0 aliphatic carbocycles. The van der Waals surface area contributed by atoms with Crippen molar-refractivity contribution in [3.63, 3.8) is 0 Å². The number of nitrogens with zero attached hydrogens (tertiary/aromatic N) is 1. The van der Waals surface area contributed by atoms with Crippen LogP contribution in [0.1, 0.15) is 11.1 Å². The molecular formula is C10H11N3. The highest BCUT2D eigenvalue weighted by Gasteiger charge is 2.01. The molecular weight excluding hydrogens is 162 g/mol. The molecule has 1 heterocycles. The van der Waals surface area contributed by atoms with E-state index in [1.807, 2.05) is 30.3 Å². The molecule has 1 aliphatic heterocycles. The van der Waals surface area contributed by atoms with Gasteiger partial charge in [0.15, 0.2) is 0 Å². The molecule has 1 aromatic rings. The highest BCUT2D eigenvalue weighted by Crippen LogP contribution is 2.12. The summed E-state index contributed by atoms with van der Waals surface area (Å²) in [5, 5.41) is 4.04. The van der Waals surface area contributed by atoms with E-state index >= 15 is 0 Å². The van der Waals surface area contributed by atoms with Gasteiger partial charge in [-0.3, -0.25) is 5.43 Å². The molecule has 66 valence electrons. The van der Waals surface area contributed by atoms with Crippen molar-refractivity contribution in [3.05, 3.63) is 41.1 Å².